The van der Waals surface area contributed by atoms with Crippen LogP contribution in [0.1, 0.15) is 13.3 Å². The van der Waals surface area contributed by atoms with Gasteiger partial charge in [0, 0.05) is 17.6 Å². The molecule has 2 unspecified atom stereocenters. The van der Waals surface area contributed by atoms with Crippen molar-refractivity contribution in [2.45, 2.75) is 19.4 Å². The van der Waals surface area contributed by atoms with E-state index in [1.807, 2.05) is 24.3 Å². The summed E-state index contributed by atoms with van der Waals surface area (Å²) in [6, 6.07) is 7.72. The number of benzene rings is 1. The molecule has 1 heterocycles. The zero-order chi connectivity index (χ0) is 13.0. The van der Waals surface area contributed by atoms with Crippen LogP contribution < -0.4 is 4.74 Å². The maximum Gasteiger partial charge on any atom is 0.120 e. The van der Waals surface area contributed by atoms with Gasteiger partial charge in [-0.25, -0.2) is 0 Å². The van der Waals surface area contributed by atoms with Crippen molar-refractivity contribution < 1.29 is 9.84 Å². The Balaban J connectivity index is 1.78. The second-order valence-corrected chi connectivity index (χ2v) is 5.29. The maximum absolute atomic E-state index is 9.36. The quantitative estimate of drug-likeness (QED) is 0.891. The molecule has 2 rings (SSSR count). The Morgan fingerprint density at radius 3 is 3.06 bits per heavy atom. The number of likely N-dealkylation sites (tertiary alicyclic amines) is 1. The fourth-order valence-electron chi connectivity index (χ4n) is 2.50. The fourth-order valence-corrected chi connectivity index (χ4v) is 2.68. The second kappa shape index (κ2) is 6.41. The van der Waals surface area contributed by atoms with Crippen LogP contribution in [0.15, 0.2) is 24.3 Å². The minimum Gasteiger partial charge on any atom is -0.492 e. The van der Waals surface area contributed by atoms with Gasteiger partial charge in [-0.1, -0.05) is 24.6 Å². The highest BCUT2D eigenvalue weighted by molar-refractivity contribution is 6.30. The van der Waals surface area contributed by atoms with Gasteiger partial charge in [0.25, 0.3) is 0 Å². The number of nitrogens with zero attached hydrogens (tertiary/aromatic N) is 1. The van der Waals surface area contributed by atoms with Crippen molar-refractivity contribution in [2.75, 3.05) is 26.3 Å². The van der Waals surface area contributed by atoms with Crippen LogP contribution in [0.2, 0.25) is 5.02 Å². The van der Waals surface area contributed by atoms with E-state index in [2.05, 4.69) is 11.8 Å². The summed E-state index contributed by atoms with van der Waals surface area (Å²) in [7, 11) is 0. The molecule has 100 valence electrons. The Kier molecular flexibility index (Phi) is 4.87. The third-order valence-corrected chi connectivity index (χ3v) is 3.86. The zero-order valence-electron chi connectivity index (χ0n) is 10.7. The SMILES string of the molecule is CC1CCN(CCOc2cccc(Cl)c2)C1CO. The number of hydrogen-bond donors (Lipinski definition) is 1. The van der Waals surface area contributed by atoms with E-state index in [4.69, 9.17) is 16.3 Å². The molecular weight excluding hydrogens is 250 g/mol. The molecule has 0 aromatic heterocycles. The summed E-state index contributed by atoms with van der Waals surface area (Å²) in [5, 5.41) is 10.0. The molecular formula is C14H20ClNO2. The molecule has 0 amide bonds. The largest absolute Gasteiger partial charge is 0.492 e. The van der Waals surface area contributed by atoms with E-state index in [1.165, 1.54) is 0 Å². The highest BCUT2D eigenvalue weighted by atomic mass is 35.5. The molecule has 0 aliphatic carbocycles. The Bertz CT molecular complexity index is 386. The van der Waals surface area contributed by atoms with Gasteiger partial charge in [-0.2, -0.15) is 0 Å². The predicted molar refractivity (Wildman–Crippen MR) is 73.2 cm³/mol. The van der Waals surface area contributed by atoms with Crippen molar-refractivity contribution in [3.05, 3.63) is 29.3 Å². The lowest BCUT2D eigenvalue weighted by atomic mass is 10.0. The number of rotatable bonds is 5. The number of aliphatic hydroxyl groups excluding tert-OH is 1. The molecule has 1 fully saturated rings. The van der Waals surface area contributed by atoms with Crippen molar-refractivity contribution in [3.63, 3.8) is 0 Å². The molecule has 0 spiro atoms. The summed E-state index contributed by atoms with van der Waals surface area (Å²) >= 11 is 5.89. The first-order valence-electron chi connectivity index (χ1n) is 6.44. The topological polar surface area (TPSA) is 32.7 Å². The Morgan fingerprint density at radius 2 is 2.33 bits per heavy atom. The van der Waals surface area contributed by atoms with E-state index < -0.39 is 0 Å². The van der Waals surface area contributed by atoms with Gasteiger partial charge in [0.1, 0.15) is 12.4 Å². The van der Waals surface area contributed by atoms with Crippen LogP contribution in [0.25, 0.3) is 0 Å². The lowest BCUT2D eigenvalue weighted by Gasteiger charge is -2.24. The molecule has 1 saturated heterocycles. The van der Waals surface area contributed by atoms with Gasteiger partial charge in [0.05, 0.1) is 6.61 Å². The van der Waals surface area contributed by atoms with Crippen LogP contribution in [-0.2, 0) is 0 Å². The summed E-state index contributed by atoms with van der Waals surface area (Å²) in [6.45, 7) is 4.95. The molecule has 0 bridgehead atoms. The number of halogens is 1. The highest BCUT2D eigenvalue weighted by Crippen LogP contribution is 2.23. The summed E-state index contributed by atoms with van der Waals surface area (Å²) in [5.41, 5.74) is 0. The minimum absolute atomic E-state index is 0.234. The van der Waals surface area contributed by atoms with Crippen molar-refractivity contribution in [1.82, 2.24) is 4.90 Å². The molecule has 0 saturated carbocycles. The van der Waals surface area contributed by atoms with Gasteiger partial charge in [-0.05, 0) is 37.1 Å². The molecule has 1 aromatic rings. The van der Waals surface area contributed by atoms with E-state index in [0.29, 0.717) is 17.5 Å². The highest BCUT2D eigenvalue weighted by Gasteiger charge is 2.29. The number of hydrogen-bond acceptors (Lipinski definition) is 3. The van der Waals surface area contributed by atoms with Crippen LogP contribution in [0.3, 0.4) is 0 Å². The number of aliphatic hydroxyl groups is 1. The van der Waals surface area contributed by atoms with Gasteiger partial charge < -0.3 is 9.84 Å². The molecule has 18 heavy (non-hydrogen) atoms. The molecule has 1 aromatic carbocycles. The van der Waals surface area contributed by atoms with Gasteiger partial charge in [0.15, 0.2) is 0 Å². The van der Waals surface area contributed by atoms with Gasteiger partial charge in [-0.3, -0.25) is 4.90 Å². The van der Waals surface area contributed by atoms with Crippen molar-refractivity contribution >= 4 is 11.6 Å². The standard InChI is InChI=1S/C14H20ClNO2/c1-11-5-6-16(14(11)10-17)7-8-18-13-4-2-3-12(15)9-13/h2-4,9,11,14,17H,5-8,10H2,1H3. The summed E-state index contributed by atoms with van der Waals surface area (Å²) in [4.78, 5) is 2.30. The Hall–Kier alpha value is -0.770. The average Bonchev–Trinajstić information content (AvgIpc) is 2.70. The zero-order valence-corrected chi connectivity index (χ0v) is 11.4. The third-order valence-electron chi connectivity index (χ3n) is 3.63. The average molecular weight is 270 g/mol. The van der Waals surface area contributed by atoms with Crippen LogP contribution in [0.5, 0.6) is 5.75 Å². The predicted octanol–water partition coefficient (Wildman–Crippen LogP) is 2.42. The Labute approximate surface area is 113 Å². The first-order valence-corrected chi connectivity index (χ1v) is 6.82. The van der Waals surface area contributed by atoms with Crippen LogP contribution in [0, 0.1) is 5.92 Å². The molecule has 4 heteroatoms. The summed E-state index contributed by atoms with van der Waals surface area (Å²) in [6.07, 6.45) is 1.16. The second-order valence-electron chi connectivity index (χ2n) is 4.86. The fraction of sp³-hybridized carbons (Fsp3) is 0.571. The molecule has 2 atom stereocenters. The lowest BCUT2D eigenvalue weighted by Crippen LogP contribution is -2.37. The first kappa shape index (κ1) is 13.7. The van der Waals surface area contributed by atoms with Gasteiger partial charge >= 0.3 is 0 Å². The minimum atomic E-state index is 0.234. The lowest BCUT2D eigenvalue weighted by molar-refractivity contribution is 0.123. The van der Waals surface area contributed by atoms with Gasteiger partial charge in [0.2, 0.25) is 0 Å². The normalized spacial score (nSPS) is 24.4. The van der Waals surface area contributed by atoms with Crippen LogP contribution in [-0.4, -0.2) is 42.4 Å². The monoisotopic (exact) mass is 269 g/mol. The van der Waals surface area contributed by atoms with Crippen LogP contribution in [0.4, 0.5) is 0 Å². The van der Waals surface area contributed by atoms with E-state index >= 15 is 0 Å². The van der Waals surface area contributed by atoms with E-state index in [1.54, 1.807) is 0 Å². The maximum atomic E-state index is 9.36. The van der Waals surface area contributed by atoms with Crippen molar-refractivity contribution in [1.29, 1.82) is 0 Å². The van der Waals surface area contributed by atoms with Crippen molar-refractivity contribution in [3.8, 4) is 5.75 Å². The van der Waals surface area contributed by atoms with Crippen LogP contribution >= 0.6 is 11.6 Å². The van der Waals surface area contributed by atoms with E-state index in [0.717, 1.165) is 25.3 Å². The van der Waals surface area contributed by atoms with Gasteiger partial charge in [-0.15, -0.1) is 0 Å². The third kappa shape index (κ3) is 3.37. The number of ether oxygens (including phenoxy) is 1. The molecule has 1 aliphatic rings. The van der Waals surface area contributed by atoms with Crippen molar-refractivity contribution in [2.24, 2.45) is 5.92 Å². The smallest absolute Gasteiger partial charge is 0.120 e. The van der Waals surface area contributed by atoms with E-state index in [9.17, 15) is 5.11 Å². The first-order chi connectivity index (χ1) is 8.70. The summed E-state index contributed by atoms with van der Waals surface area (Å²) < 4.78 is 5.67. The van der Waals surface area contributed by atoms with E-state index in [-0.39, 0.29) is 12.6 Å². The molecule has 0 radical (unpaired) electrons. The Morgan fingerprint density at radius 1 is 1.50 bits per heavy atom. The molecule has 1 aliphatic heterocycles. The summed E-state index contributed by atoms with van der Waals surface area (Å²) in [5.74, 6) is 1.37. The molecule has 3 nitrogen and oxygen atoms in total. The molecule has 1 N–H and O–H groups in total.